The second-order valence-corrected chi connectivity index (χ2v) is 29.4. The average Bonchev–Trinajstić information content (AvgIpc) is 3.63. The highest BCUT2D eigenvalue weighted by molar-refractivity contribution is 7.47. The largest absolute Gasteiger partial charge is 0.472 e. The summed E-state index contributed by atoms with van der Waals surface area (Å²) in [5, 5.41) is 10.6. The van der Waals surface area contributed by atoms with Crippen LogP contribution in [0.4, 0.5) is 0 Å². The predicted octanol–water partition coefficient (Wildman–Crippen LogP) is 18.9. The van der Waals surface area contributed by atoms with Gasteiger partial charge in [0.15, 0.2) is 12.2 Å². The first-order valence-electron chi connectivity index (χ1n) is 35.2. The van der Waals surface area contributed by atoms with Crippen molar-refractivity contribution in [3.8, 4) is 0 Å². The van der Waals surface area contributed by atoms with Crippen LogP contribution in [0, 0.1) is 23.7 Å². The van der Waals surface area contributed by atoms with E-state index in [4.69, 9.17) is 37.0 Å². The van der Waals surface area contributed by atoms with Gasteiger partial charge in [-0.15, -0.1) is 0 Å². The summed E-state index contributed by atoms with van der Waals surface area (Å²) in [4.78, 5) is 72.4. The summed E-state index contributed by atoms with van der Waals surface area (Å²) >= 11 is 0. The summed E-state index contributed by atoms with van der Waals surface area (Å²) < 4.78 is 68.1. The number of aliphatic hydroxyl groups excluding tert-OH is 1. The normalized spacial score (nSPS) is 14.3. The Balaban J connectivity index is 5.23. The number of rotatable bonds is 65. The van der Waals surface area contributed by atoms with Gasteiger partial charge in [-0.25, -0.2) is 9.13 Å². The Labute approximate surface area is 530 Å². The van der Waals surface area contributed by atoms with Gasteiger partial charge in [0.05, 0.1) is 26.4 Å². The number of unbranched alkanes of at least 4 members (excludes halogenated alkanes) is 31. The second kappa shape index (κ2) is 57.9. The molecule has 87 heavy (non-hydrogen) atoms. The number of phosphoric ester groups is 2. The van der Waals surface area contributed by atoms with Crippen LogP contribution >= 0.6 is 15.6 Å². The van der Waals surface area contributed by atoms with Crippen molar-refractivity contribution in [2.75, 3.05) is 39.6 Å². The molecule has 0 heterocycles. The summed E-state index contributed by atoms with van der Waals surface area (Å²) in [5.74, 6) is 0.784. The van der Waals surface area contributed by atoms with Gasteiger partial charge in [-0.1, -0.05) is 280 Å². The fraction of sp³-hybridized carbons (Fsp3) is 0.941. The highest BCUT2D eigenvalue weighted by atomic mass is 31.2. The lowest BCUT2D eigenvalue weighted by Gasteiger charge is -2.21. The third kappa shape index (κ3) is 62.6. The van der Waals surface area contributed by atoms with Crippen LogP contribution in [-0.2, 0) is 65.4 Å². The van der Waals surface area contributed by atoms with Crippen molar-refractivity contribution in [1.29, 1.82) is 0 Å². The number of carbonyl (C=O) groups is 4. The lowest BCUT2D eigenvalue weighted by atomic mass is 10.0. The van der Waals surface area contributed by atoms with Crippen molar-refractivity contribution in [2.45, 2.75) is 350 Å². The van der Waals surface area contributed by atoms with Crippen LogP contribution in [0.1, 0.15) is 331 Å². The fourth-order valence-corrected chi connectivity index (χ4v) is 11.7. The zero-order valence-corrected chi connectivity index (χ0v) is 58.4. The number of hydrogen-bond donors (Lipinski definition) is 3. The fourth-order valence-electron chi connectivity index (χ4n) is 10.1. The second-order valence-electron chi connectivity index (χ2n) is 26.5. The molecule has 516 valence electrons. The molecule has 0 saturated carbocycles. The van der Waals surface area contributed by atoms with Gasteiger partial charge in [-0.2, -0.15) is 0 Å². The molecule has 0 spiro atoms. The monoisotopic (exact) mass is 1280 g/mol. The van der Waals surface area contributed by atoms with Gasteiger partial charge in [0.1, 0.15) is 19.3 Å². The Hall–Kier alpha value is -1.94. The average molecular weight is 1280 g/mol. The summed E-state index contributed by atoms with van der Waals surface area (Å²) in [5.41, 5.74) is 0. The maximum atomic E-state index is 13.0. The smallest absolute Gasteiger partial charge is 0.462 e. The van der Waals surface area contributed by atoms with E-state index in [-0.39, 0.29) is 25.7 Å². The number of esters is 4. The molecule has 3 unspecified atom stereocenters. The lowest BCUT2D eigenvalue weighted by molar-refractivity contribution is -0.161. The third-order valence-corrected chi connectivity index (χ3v) is 17.5. The molecule has 0 bridgehead atoms. The molecule has 0 aliphatic heterocycles. The highest BCUT2D eigenvalue weighted by Gasteiger charge is 2.30. The molecular weight excluding hydrogens is 1150 g/mol. The summed E-state index contributed by atoms with van der Waals surface area (Å²) in [7, 11) is -9.90. The molecule has 0 aliphatic carbocycles. The van der Waals surface area contributed by atoms with Gasteiger partial charge >= 0.3 is 39.5 Å². The van der Waals surface area contributed by atoms with Gasteiger partial charge < -0.3 is 33.8 Å². The van der Waals surface area contributed by atoms with E-state index >= 15 is 0 Å². The van der Waals surface area contributed by atoms with E-state index < -0.39 is 97.5 Å². The molecule has 0 radical (unpaired) electrons. The van der Waals surface area contributed by atoms with Crippen molar-refractivity contribution in [3.05, 3.63) is 0 Å². The quantitative estimate of drug-likeness (QED) is 0.0222. The van der Waals surface area contributed by atoms with Crippen molar-refractivity contribution < 1.29 is 80.2 Å². The number of phosphoric acid groups is 2. The minimum absolute atomic E-state index is 0.103. The Morgan fingerprint density at radius 2 is 0.483 bits per heavy atom. The number of aliphatic hydroxyl groups is 1. The molecule has 0 aromatic carbocycles. The molecule has 0 aliphatic rings. The predicted molar refractivity (Wildman–Crippen MR) is 349 cm³/mol. The SMILES string of the molecule is CC(C)CCCCCCCCCCCCCCC(=O)OC[C@H](COP(=O)(O)OCC(O)COP(=O)(O)OC[C@@H](COC(=O)CCCCCCCCCC(C)C)OC(=O)CCCCCCCCCCCC(C)C)OC(=O)CCCCCCCCCC(C)C. The maximum absolute atomic E-state index is 13.0. The molecule has 5 atom stereocenters. The Morgan fingerprint density at radius 1 is 0.287 bits per heavy atom. The molecule has 17 nitrogen and oxygen atoms in total. The van der Waals surface area contributed by atoms with Crippen molar-refractivity contribution in [3.63, 3.8) is 0 Å². The molecule has 0 amide bonds. The highest BCUT2D eigenvalue weighted by Crippen LogP contribution is 2.45. The van der Waals surface area contributed by atoms with Crippen LogP contribution in [-0.4, -0.2) is 96.7 Å². The summed E-state index contributed by atoms with van der Waals surface area (Å²) in [6, 6.07) is 0. The first-order chi connectivity index (χ1) is 41.6. The number of ether oxygens (including phenoxy) is 4. The van der Waals surface area contributed by atoms with E-state index in [0.717, 1.165) is 108 Å². The van der Waals surface area contributed by atoms with Gasteiger partial charge in [-0.05, 0) is 49.4 Å². The first kappa shape index (κ1) is 85.1. The molecule has 3 N–H and O–H groups in total. The Kier molecular flexibility index (Phi) is 56.6. The molecule has 0 aromatic heterocycles. The van der Waals surface area contributed by atoms with Crippen LogP contribution in [0.5, 0.6) is 0 Å². The maximum Gasteiger partial charge on any atom is 0.472 e. The van der Waals surface area contributed by atoms with Crippen molar-refractivity contribution in [2.24, 2.45) is 23.7 Å². The van der Waals surface area contributed by atoms with Crippen molar-refractivity contribution >= 4 is 39.5 Å². The van der Waals surface area contributed by atoms with Gasteiger partial charge in [0.25, 0.3) is 0 Å². The Bertz CT molecular complexity index is 1730. The molecule has 19 heteroatoms. The lowest BCUT2D eigenvalue weighted by Crippen LogP contribution is -2.30. The standard InChI is InChI=1S/C68H132O17P2/c1-58(2)44-36-28-20-14-11-9-10-12-16-24-32-40-48-65(70)78-54-64(85-68(73)51-43-35-27-19-23-31-39-47-61(7)8)57-83-87(76,77)81-53-62(69)52-80-86(74,75)82-56-63(55-79-66(71)49-41-33-26-18-22-30-38-46-60(5)6)84-67(72)50-42-34-25-17-13-15-21-29-37-45-59(3)4/h58-64,69H,9-57H2,1-8H3,(H,74,75)(H,76,77)/t62?,63-,64-/m1/s1. The third-order valence-electron chi connectivity index (χ3n) is 15.6. The van der Waals surface area contributed by atoms with Gasteiger partial charge in [0.2, 0.25) is 0 Å². The Morgan fingerprint density at radius 3 is 0.713 bits per heavy atom. The molecule has 0 rings (SSSR count). The number of hydrogen-bond acceptors (Lipinski definition) is 15. The van der Waals surface area contributed by atoms with Crippen LogP contribution in [0.15, 0.2) is 0 Å². The summed E-state index contributed by atoms with van der Waals surface area (Å²) in [6.45, 7) is 14.0. The van der Waals surface area contributed by atoms with E-state index in [9.17, 15) is 43.2 Å². The summed E-state index contributed by atoms with van der Waals surface area (Å²) in [6.07, 6.45) is 39.1. The van der Waals surface area contributed by atoms with E-state index in [1.54, 1.807) is 0 Å². The first-order valence-corrected chi connectivity index (χ1v) is 38.2. The van der Waals surface area contributed by atoms with E-state index in [0.29, 0.717) is 37.5 Å². The van der Waals surface area contributed by atoms with Crippen LogP contribution in [0.25, 0.3) is 0 Å². The van der Waals surface area contributed by atoms with Crippen LogP contribution in [0.3, 0.4) is 0 Å². The minimum Gasteiger partial charge on any atom is -0.462 e. The van der Waals surface area contributed by atoms with Gasteiger partial charge in [0, 0.05) is 25.7 Å². The molecule has 0 aromatic rings. The van der Waals surface area contributed by atoms with E-state index in [2.05, 4.69) is 55.4 Å². The number of carbonyl (C=O) groups excluding carboxylic acids is 4. The zero-order valence-electron chi connectivity index (χ0n) is 56.6. The van der Waals surface area contributed by atoms with Gasteiger partial charge in [-0.3, -0.25) is 37.3 Å². The van der Waals surface area contributed by atoms with Crippen LogP contribution < -0.4 is 0 Å². The molecule has 0 fully saturated rings. The zero-order chi connectivity index (χ0) is 64.7. The topological polar surface area (TPSA) is 237 Å². The van der Waals surface area contributed by atoms with Crippen molar-refractivity contribution in [1.82, 2.24) is 0 Å². The van der Waals surface area contributed by atoms with E-state index in [1.165, 1.54) is 128 Å². The molecule has 0 saturated heterocycles. The van der Waals surface area contributed by atoms with Crippen LogP contribution in [0.2, 0.25) is 0 Å². The molecular formula is C68H132O17P2. The van der Waals surface area contributed by atoms with E-state index in [1.807, 2.05) is 0 Å². The minimum atomic E-state index is -4.95.